The molecule has 1 atom stereocenters. The second-order valence-electron chi connectivity index (χ2n) is 3.27. The average molecular weight is 258 g/mol. The zero-order valence-electron chi connectivity index (χ0n) is 7.66. The minimum atomic E-state index is 0.0775. The fourth-order valence-corrected chi connectivity index (χ4v) is 1.85. The predicted octanol–water partition coefficient (Wildman–Crippen LogP) is 2.00. The van der Waals surface area contributed by atoms with E-state index in [0.717, 1.165) is 22.5 Å². The number of hydrogen-bond acceptors (Lipinski definition) is 3. The van der Waals surface area contributed by atoms with Crippen LogP contribution in [-0.2, 0) is 0 Å². The summed E-state index contributed by atoms with van der Waals surface area (Å²) in [6, 6.07) is 5.86. The Kier molecular flexibility index (Phi) is 2.93. The van der Waals surface area contributed by atoms with E-state index in [0.29, 0.717) is 6.42 Å². The van der Waals surface area contributed by atoms with E-state index in [1.807, 2.05) is 18.2 Å². The lowest BCUT2D eigenvalue weighted by Gasteiger charge is -2.27. The molecule has 0 saturated carbocycles. The number of aliphatic hydroxyl groups excluding tert-OH is 1. The highest BCUT2D eigenvalue weighted by Gasteiger charge is 2.18. The molecule has 0 aromatic heterocycles. The normalized spacial score (nSPS) is 19.4. The van der Waals surface area contributed by atoms with E-state index in [-0.39, 0.29) is 12.7 Å². The summed E-state index contributed by atoms with van der Waals surface area (Å²) in [5, 5.41) is 12.1. The third-order valence-electron chi connectivity index (χ3n) is 2.21. The van der Waals surface area contributed by atoms with Crippen molar-refractivity contribution in [2.24, 2.45) is 0 Å². The minimum Gasteiger partial charge on any atom is -0.486 e. The maximum atomic E-state index is 8.80. The number of anilines is 1. The van der Waals surface area contributed by atoms with E-state index in [2.05, 4.69) is 21.2 Å². The summed E-state index contributed by atoms with van der Waals surface area (Å²) in [4.78, 5) is 0. The smallest absolute Gasteiger partial charge is 0.142 e. The topological polar surface area (TPSA) is 41.5 Å². The second kappa shape index (κ2) is 4.19. The minimum absolute atomic E-state index is 0.0775. The highest BCUT2D eigenvalue weighted by Crippen LogP contribution is 2.32. The van der Waals surface area contributed by atoms with E-state index < -0.39 is 0 Å². The number of benzene rings is 1. The van der Waals surface area contributed by atoms with Gasteiger partial charge in [-0.1, -0.05) is 15.9 Å². The van der Waals surface area contributed by atoms with E-state index in [1.165, 1.54) is 0 Å². The van der Waals surface area contributed by atoms with Crippen molar-refractivity contribution in [1.82, 2.24) is 0 Å². The first-order valence-corrected chi connectivity index (χ1v) is 5.40. The van der Waals surface area contributed by atoms with Crippen LogP contribution in [0.4, 0.5) is 5.69 Å². The van der Waals surface area contributed by atoms with Crippen LogP contribution < -0.4 is 10.1 Å². The molecule has 2 N–H and O–H groups in total. The molecule has 0 bridgehead atoms. The summed E-state index contributed by atoms with van der Waals surface area (Å²) in [5.41, 5.74) is 1.01. The van der Waals surface area contributed by atoms with Gasteiger partial charge in [0.25, 0.3) is 0 Å². The molecule has 1 aromatic carbocycles. The zero-order valence-corrected chi connectivity index (χ0v) is 9.25. The standard InChI is InChI=1S/C10H12BrNO2/c11-7-1-2-10-9(5-7)12-6-8(14-10)3-4-13/h1-2,5,8,12-13H,3-4,6H2. The molecule has 0 fully saturated rings. The molecule has 1 aliphatic rings. The number of rotatable bonds is 2. The van der Waals surface area contributed by atoms with Crippen LogP contribution in [0.25, 0.3) is 0 Å². The highest BCUT2D eigenvalue weighted by molar-refractivity contribution is 9.10. The lowest BCUT2D eigenvalue weighted by molar-refractivity contribution is 0.158. The molecule has 0 saturated heterocycles. The maximum absolute atomic E-state index is 8.80. The molecule has 1 aliphatic heterocycles. The molecule has 1 heterocycles. The number of aliphatic hydroxyl groups is 1. The van der Waals surface area contributed by atoms with Crippen LogP contribution in [0.1, 0.15) is 6.42 Å². The van der Waals surface area contributed by atoms with Crippen molar-refractivity contribution >= 4 is 21.6 Å². The number of hydrogen-bond donors (Lipinski definition) is 2. The van der Waals surface area contributed by atoms with E-state index in [4.69, 9.17) is 9.84 Å². The van der Waals surface area contributed by atoms with Crippen molar-refractivity contribution in [3.8, 4) is 5.75 Å². The van der Waals surface area contributed by atoms with Gasteiger partial charge >= 0.3 is 0 Å². The Bertz CT molecular complexity index is 330. The second-order valence-corrected chi connectivity index (χ2v) is 4.19. The van der Waals surface area contributed by atoms with Gasteiger partial charge in [0, 0.05) is 17.5 Å². The number of halogens is 1. The van der Waals surface area contributed by atoms with Crippen LogP contribution in [0.3, 0.4) is 0 Å². The number of nitrogens with one attached hydrogen (secondary N) is 1. The van der Waals surface area contributed by atoms with Crippen LogP contribution in [-0.4, -0.2) is 24.4 Å². The molecule has 1 unspecified atom stereocenters. The molecule has 3 nitrogen and oxygen atoms in total. The summed E-state index contributed by atoms with van der Waals surface area (Å²) < 4.78 is 6.72. The first kappa shape index (κ1) is 9.80. The molecule has 0 radical (unpaired) electrons. The van der Waals surface area contributed by atoms with E-state index >= 15 is 0 Å². The third kappa shape index (κ3) is 2.01. The molecule has 0 aliphatic carbocycles. The Labute approximate surface area is 91.2 Å². The van der Waals surface area contributed by atoms with Crippen LogP contribution in [0.2, 0.25) is 0 Å². The van der Waals surface area contributed by atoms with Gasteiger partial charge in [0.15, 0.2) is 0 Å². The van der Waals surface area contributed by atoms with Crippen molar-refractivity contribution in [3.63, 3.8) is 0 Å². The van der Waals surface area contributed by atoms with E-state index in [9.17, 15) is 0 Å². The maximum Gasteiger partial charge on any atom is 0.142 e. The zero-order chi connectivity index (χ0) is 9.97. The summed E-state index contributed by atoms with van der Waals surface area (Å²) >= 11 is 3.40. The van der Waals surface area contributed by atoms with Crippen molar-refractivity contribution in [2.75, 3.05) is 18.5 Å². The van der Waals surface area contributed by atoms with Crippen LogP contribution in [0.5, 0.6) is 5.75 Å². The van der Waals surface area contributed by atoms with Gasteiger partial charge < -0.3 is 15.2 Å². The number of fused-ring (bicyclic) bond motifs is 1. The van der Waals surface area contributed by atoms with Gasteiger partial charge in [0.2, 0.25) is 0 Å². The fraction of sp³-hybridized carbons (Fsp3) is 0.400. The lowest BCUT2D eigenvalue weighted by Crippen LogP contribution is -2.31. The molecular formula is C10H12BrNO2. The number of ether oxygens (including phenoxy) is 1. The van der Waals surface area contributed by atoms with Crippen LogP contribution >= 0.6 is 15.9 Å². The molecule has 1 aromatic rings. The Morgan fingerprint density at radius 1 is 1.57 bits per heavy atom. The lowest BCUT2D eigenvalue weighted by atomic mass is 10.2. The van der Waals surface area contributed by atoms with Gasteiger partial charge in [-0.05, 0) is 18.2 Å². The van der Waals surface area contributed by atoms with E-state index in [1.54, 1.807) is 0 Å². The summed E-state index contributed by atoms with van der Waals surface area (Å²) in [5.74, 6) is 0.859. The van der Waals surface area contributed by atoms with Crippen molar-refractivity contribution < 1.29 is 9.84 Å². The van der Waals surface area contributed by atoms with Crippen molar-refractivity contribution in [2.45, 2.75) is 12.5 Å². The van der Waals surface area contributed by atoms with Crippen molar-refractivity contribution in [1.29, 1.82) is 0 Å². The molecule has 4 heteroatoms. The van der Waals surface area contributed by atoms with Crippen LogP contribution in [0, 0.1) is 0 Å². The third-order valence-corrected chi connectivity index (χ3v) is 2.70. The first-order valence-electron chi connectivity index (χ1n) is 4.60. The van der Waals surface area contributed by atoms with Gasteiger partial charge in [0.1, 0.15) is 11.9 Å². The molecular weight excluding hydrogens is 246 g/mol. The Balaban J connectivity index is 2.15. The van der Waals surface area contributed by atoms with Gasteiger partial charge in [-0.15, -0.1) is 0 Å². The monoisotopic (exact) mass is 257 g/mol. The largest absolute Gasteiger partial charge is 0.486 e. The summed E-state index contributed by atoms with van der Waals surface area (Å²) in [7, 11) is 0. The fourth-order valence-electron chi connectivity index (χ4n) is 1.49. The van der Waals surface area contributed by atoms with Gasteiger partial charge in [0.05, 0.1) is 12.2 Å². The summed E-state index contributed by atoms with van der Waals surface area (Å²) in [6.07, 6.45) is 0.747. The first-order chi connectivity index (χ1) is 6.79. The van der Waals surface area contributed by atoms with Gasteiger partial charge in [-0.3, -0.25) is 0 Å². The van der Waals surface area contributed by atoms with Gasteiger partial charge in [-0.2, -0.15) is 0 Å². The quantitative estimate of drug-likeness (QED) is 0.852. The molecule has 0 spiro atoms. The van der Waals surface area contributed by atoms with Crippen molar-refractivity contribution in [3.05, 3.63) is 22.7 Å². The average Bonchev–Trinajstić information content (AvgIpc) is 2.19. The summed E-state index contributed by atoms with van der Waals surface area (Å²) in [6.45, 7) is 0.919. The Hall–Kier alpha value is -0.740. The van der Waals surface area contributed by atoms with Gasteiger partial charge in [-0.25, -0.2) is 0 Å². The molecule has 14 heavy (non-hydrogen) atoms. The van der Waals surface area contributed by atoms with Crippen LogP contribution in [0.15, 0.2) is 22.7 Å². The molecule has 76 valence electrons. The Morgan fingerprint density at radius 2 is 2.43 bits per heavy atom. The molecule has 2 rings (SSSR count). The Morgan fingerprint density at radius 3 is 3.21 bits per heavy atom. The predicted molar refractivity (Wildman–Crippen MR) is 58.8 cm³/mol. The molecule has 0 amide bonds. The SMILES string of the molecule is OCCC1CNc2cc(Br)ccc2O1. The highest BCUT2D eigenvalue weighted by atomic mass is 79.9.